The van der Waals surface area contributed by atoms with Crippen LogP contribution in [0.4, 0.5) is 0 Å². The maximum atomic E-state index is 12.4. The summed E-state index contributed by atoms with van der Waals surface area (Å²) in [6, 6.07) is 14.0. The van der Waals surface area contributed by atoms with Gasteiger partial charge in [0, 0.05) is 11.4 Å². The van der Waals surface area contributed by atoms with E-state index < -0.39 is 16.2 Å². The van der Waals surface area contributed by atoms with Gasteiger partial charge in [-0.25, -0.2) is 8.42 Å². The number of nitrogens with one attached hydrogen (secondary N) is 2. The van der Waals surface area contributed by atoms with Crippen LogP contribution in [0.25, 0.3) is 0 Å². The highest BCUT2D eigenvalue weighted by Crippen LogP contribution is 2.16. The summed E-state index contributed by atoms with van der Waals surface area (Å²) >= 11 is 5.87. The van der Waals surface area contributed by atoms with Gasteiger partial charge in [0.2, 0.25) is 10.0 Å². The van der Waals surface area contributed by atoms with Crippen LogP contribution in [0.2, 0.25) is 5.02 Å². The molecule has 0 saturated heterocycles. The summed E-state index contributed by atoms with van der Waals surface area (Å²) in [7, 11) is -3.58. The summed E-state index contributed by atoms with van der Waals surface area (Å²) in [6.07, 6.45) is -0.000755. The summed E-state index contributed by atoms with van der Waals surface area (Å²) in [4.78, 5) is 0.241. The van der Waals surface area contributed by atoms with Gasteiger partial charge in [0.05, 0.1) is 10.6 Å². The van der Waals surface area contributed by atoms with Crippen molar-refractivity contribution in [3.05, 3.63) is 64.7 Å². The van der Waals surface area contributed by atoms with Crippen LogP contribution in [0.5, 0.6) is 0 Å². The molecule has 0 radical (unpaired) electrons. The summed E-state index contributed by atoms with van der Waals surface area (Å²) in [6.45, 7) is 1.91. The van der Waals surface area contributed by atoms with Crippen molar-refractivity contribution in [2.24, 2.45) is 5.10 Å². The van der Waals surface area contributed by atoms with Crippen molar-refractivity contribution in [2.75, 3.05) is 0 Å². The molecule has 0 amide bonds. The van der Waals surface area contributed by atoms with Gasteiger partial charge in [-0.2, -0.15) is 9.82 Å². The monoisotopic (exact) mass is 349 g/mol. The number of nitrogens with zero attached hydrogens (tertiary/aromatic N) is 1. The number of aryl methyl sites for hydroxylation is 1. The number of hydrogen-bond acceptors (Lipinski definition) is 4. The zero-order chi connectivity index (χ0) is 16.4. The molecule has 0 aromatic heterocycles. The van der Waals surface area contributed by atoms with Crippen LogP contribution in [0.1, 0.15) is 17.5 Å². The van der Waals surface area contributed by atoms with E-state index >= 15 is 0 Å². The maximum Gasteiger partial charge on any atom is 0.242 e. The third-order valence-electron chi connectivity index (χ3n) is 3.56. The molecule has 1 aliphatic rings. The Morgan fingerprint density at radius 1 is 1.13 bits per heavy atom. The molecule has 23 heavy (non-hydrogen) atoms. The highest BCUT2D eigenvalue weighted by atomic mass is 35.5. The zero-order valence-corrected chi connectivity index (χ0v) is 14.0. The Morgan fingerprint density at radius 2 is 1.78 bits per heavy atom. The van der Waals surface area contributed by atoms with Crippen molar-refractivity contribution in [3.8, 4) is 0 Å². The van der Waals surface area contributed by atoms with E-state index in [0.717, 1.165) is 16.8 Å². The molecule has 1 atom stereocenters. The summed E-state index contributed by atoms with van der Waals surface area (Å²) in [5.74, 6) is 0. The smallest absolute Gasteiger partial charge is 0.242 e. The zero-order valence-electron chi connectivity index (χ0n) is 12.5. The average molecular weight is 350 g/mol. The third-order valence-corrected chi connectivity index (χ3v) is 5.30. The van der Waals surface area contributed by atoms with Gasteiger partial charge in [-0.15, -0.1) is 0 Å². The Bertz CT molecular complexity index is 831. The van der Waals surface area contributed by atoms with Gasteiger partial charge in [-0.05, 0) is 36.8 Å². The van der Waals surface area contributed by atoms with Crippen LogP contribution in [-0.2, 0) is 10.0 Å². The van der Waals surface area contributed by atoms with Crippen molar-refractivity contribution in [2.45, 2.75) is 24.4 Å². The van der Waals surface area contributed by atoms with E-state index in [1.165, 1.54) is 0 Å². The van der Waals surface area contributed by atoms with Gasteiger partial charge in [-0.1, -0.05) is 41.4 Å². The molecule has 2 N–H and O–H groups in total. The van der Waals surface area contributed by atoms with E-state index in [4.69, 9.17) is 11.6 Å². The second kappa shape index (κ2) is 6.31. The third kappa shape index (κ3) is 3.72. The Hall–Kier alpha value is -1.89. The molecule has 2 aromatic rings. The molecule has 0 saturated carbocycles. The number of halogens is 1. The second-order valence-electron chi connectivity index (χ2n) is 5.39. The van der Waals surface area contributed by atoms with Crippen LogP contribution in [0, 0.1) is 6.92 Å². The Balaban J connectivity index is 1.69. The van der Waals surface area contributed by atoms with Crippen molar-refractivity contribution in [3.63, 3.8) is 0 Å². The molecular formula is C16H16ClN3O2S. The first-order valence-electron chi connectivity index (χ1n) is 7.11. The summed E-state index contributed by atoms with van der Waals surface area (Å²) in [5.41, 5.74) is 5.54. The quantitative estimate of drug-likeness (QED) is 0.891. The van der Waals surface area contributed by atoms with Gasteiger partial charge < -0.3 is 0 Å². The minimum absolute atomic E-state index is 0.241. The first kappa shape index (κ1) is 16.0. The average Bonchev–Trinajstić information content (AvgIpc) is 2.96. The van der Waals surface area contributed by atoms with E-state index in [-0.39, 0.29) is 4.90 Å². The molecule has 7 heteroatoms. The molecule has 1 unspecified atom stereocenters. The summed E-state index contributed by atoms with van der Waals surface area (Å²) in [5, 5.41) is 4.86. The fourth-order valence-electron chi connectivity index (χ4n) is 2.31. The second-order valence-corrected chi connectivity index (χ2v) is 7.54. The molecule has 3 rings (SSSR count). The normalized spacial score (nSPS) is 17.7. The molecule has 1 aliphatic heterocycles. The Labute approximate surface area is 140 Å². The summed E-state index contributed by atoms with van der Waals surface area (Å²) < 4.78 is 27.4. The van der Waals surface area contributed by atoms with E-state index in [0.29, 0.717) is 11.4 Å². The molecule has 0 bridgehead atoms. The number of hydrazone groups is 1. The fourth-order valence-corrected chi connectivity index (χ4v) is 3.57. The highest BCUT2D eigenvalue weighted by molar-refractivity contribution is 7.89. The van der Waals surface area contributed by atoms with E-state index in [2.05, 4.69) is 15.2 Å². The van der Waals surface area contributed by atoms with Gasteiger partial charge in [0.25, 0.3) is 0 Å². The van der Waals surface area contributed by atoms with Crippen LogP contribution in [-0.4, -0.2) is 20.3 Å². The van der Waals surface area contributed by atoms with Crippen molar-refractivity contribution >= 4 is 27.3 Å². The predicted molar refractivity (Wildman–Crippen MR) is 91.0 cm³/mol. The van der Waals surface area contributed by atoms with E-state index in [9.17, 15) is 8.42 Å². The lowest BCUT2D eigenvalue weighted by atomic mass is 10.1. The SMILES string of the molecule is Cc1ccc(S(=O)(=O)NC2CC(c3ccc(Cl)cc3)=NN2)cc1. The van der Waals surface area contributed by atoms with Gasteiger partial charge >= 0.3 is 0 Å². The Morgan fingerprint density at radius 3 is 2.43 bits per heavy atom. The minimum atomic E-state index is -3.58. The molecule has 1 heterocycles. The largest absolute Gasteiger partial charge is 0.291 e. The molecule has 0 aliphatic carbocycles. The minimum Gasteiger partial charge on any atom is -0.291 e. The molecule has 2 aromatic carbocycles. The molecule has 5 nitrogen and oxygen atoms in total. The number of rotatable bonds is 4. The standard InChI is InChI=1S/C16H16ClN3O2S/c1-11-2-8-14(9-3-11)23(21,22)20-16-10-15(18-19-16)12-4-6-13(17)7-5-12/h2-9,16,19-20H,10H2,1H3. The number of benzene rings is 2. The van der Waals surface area contributed by atoms with Crippen LogP contribution in [0.15, 0.2) is 58.5 Å². The topological polar surface area (TPSA) is 70.6 Å². The number of sulfonamides is 1. The first-order chi connectivity index (χ1) is 10.9. The molecule has 0 spiro atoms. The first-order valence-corrected chi connectivity index (χ1v) is 8.97. The Kier molecular flexibility index (Phi) is 4.39. The van der Waals surface area contributed by atoms with Gasteiger partial charge in [0.15, 0.2) is 0 Å². The van der Waals surface area contributed by atoms with E-state index in [1.54, 1.807) is 36.4 Å². The lowest BCUT2D eigenvalue weighted by molar-refractivity contribution is 0.521. The van der Waals surface area contributed by atoms with Crippen molar-refractivity contribution in [1.29, 1.82) is 0 Å². The van der Waals surface area contributed by atoms with Crippen LogP contribution in [0.3, 0.4) is 0 Å². The number of hydrogen-bond donors (Lipinski definition) is 2. The molecule has 120 valence electrons. The maximum absolute atomic E-state index is 12.4. The lowest BCUT2D eigenvalue weighted by Crippen LogP contribution is -2.40. The predicted octanol–water partition coefficient (Wildman–Crippen LogP) is 2.65. The van der Waals surface area contributed by atoms with Crippen LogP contribution < -0.4 is 10.1 Å². The van der Waals surface area contributed by atoms with Crippen molar-refractivity contribution in [1.82, 2.24) is 10.1 Å². The lowest BCUT2D eigenvalue weighted by Gasteiger charge is -2.13. The van der Waals surface area contributed by atoms with Crippen molar-refractivity contribution < 1.29 is 8.42 Å². The fraction of sp³-hybridized carbons (Fsp3) is 0.188. The van der Waals surface area contributed by atoms with E-state index in [1.807, 2.05) is 19.1 Å². The highest BCUT2D eigenvalue weighted by Gasteiger charge is 2.25. The van der Waals surface area contributed by atoms with Gasteiger partial charge in [0.1, 0.15) is 6.17 Å². The van der Waals surface area contributed by atoms with Gasteiger partial charge in [-0.3, -0.25) is 5.43 Å². The molecule has 0 fully saturated rings. The van der Waals surface area contributed by atoms with Crippen LogP contribution >= 0.6 is 11.6 Å². The molecular weight excluding hydrogens is 334 g/mol.